The number of rotatable bonds is 0. The van der Waals surface area contributed by atoms with Gasteiger partial charge in [0.25, 0.3) is 0 Å². The molecule has 0 aliphatic rings. The molecule has 0 aliphatic heterocycles. The molecule has 2 heterocycles. The van der Waals surface area contributed by atoms with E-state index < -0.39 is 0 Å². The Hall–Kier alpha value is -2.80. The molecule has 0 aliphatic carbocycles. The van der Waals surface area contributed by atoms with Gasteiger partial charge in [0.2, 0.25) is 0 Å². The van der Waals surface area contributed by atoms with Crippen LogP contribution in [0.1, 0.15) is 11.1 Å². The lowest BCUT2D eigenvalue weighted by molar-refractivity contribution is 0.627. The molecule has 4 heteroatoms. The first-order chi connectivity index (χ1) is 9.31. The van der Waals surface area contributed by atoms with Gasteiger partial charge in [-0.25, -0.2) is 14.4 Å². The predicted octanol–water partition coefficient (Wildman–Crippen LogP) is 2.56. The standard InChI is InChI=1S/C15H8FN3/c16-13-5-3-11(4-6-13)1-2-12-9-14-15(19-10-12)18-8-7-17-14/h3-10H. The lowest BCUT2D eigenvalue weighted by Crippen LogP contribution is -1.87. The predicted molar refractivity (Wildman–Crippen MR) is 69.7 cm³/mol. The number of hydrogen-bond donors (Lipinski definition) is 0. The minimum atomic E-state index is -0.270. The fourth-order valence-electron chi connectivity index (χ4n) is 1.60. The number of aromatic nitrogens is 3. The number of nitrogens with zero attached hydrogens (tertiary/aromatic N) is 3. The summed E-state index contributed by atoms with van der Waals surface area (Å²) in [6.07, 6.45) is 4.86. The third kappa shape index (κ3) is 2.55. The number of fused-ring (bicyclic) bond motifs is 1. The molecule has 0 unspecified atom stereocenters. The van der Waals surface area contributed by atoms with Crippen LogP contribution in [-0.2, 0) is 0 Å². The van der Waals surface area contributed by atoms with Gasteiger partial charge in [0.15, 0.2) is 5.65 Å². The van der Waals surface area contributed by atoms with Gasteiger partial charge in [-0.15, -0.1) is 0 Å². The van der Waals surface area contributed by atoms with Crippen molar-refractivity contribution < 1.29 is 4.39 Å². The Morgan fingerprint density at radius 2 is 1.58 bits per heavy atom. The lowest BCUT2D eigenvalue weighted by Gasteiger charge is -1.94. The summed E-state index contributed by atoms with van der Waals surface area (Å²) in [5.41, 5.74) is 2.79. The summed E-state index contributed by atoms with van der Waals surface area (Å²) in [5, 5.41) is 0. The fraction of sp³-hybridized carbons (Fsp3) is 0. The van der Waals surface area contributed by atoms with Gasteiger partial charge >= 0.3 is 0 Å². The summed E-state index contributed by atoms with van der Waals surface area (Å²) in [6.45, 7) is 0. The molecule has 0 fully saturated rings. The van der Waals surface area contributed by atoms with E-state index in [4.69, 9.17) is 0 Å². The Balaban J connectivity index is 1.95. The zero-order valence-electron chi connectivity index (χ0n) is 9.84. The van der Waals surface area contributed by atoms with E-state index >= 15 is 0 Å². The van der Waals surface area contributed by atoms with E-state index in [1.54, 1.807) is 30.7 Å². The SMILES string of the molecule is Fc1ccc(C#Cc2cnc3nccnc3c2)cc1. The first-order valence-electron chi connectivity index (χ1n) is 5.66. The maximum Gasteiger partial charge on any atom is 0.178 e. The maximum atomic E-state index is 12.8. The molecule has 90 valence electrons. The molecule has 0 atom stereocenters. The van der Waals surface area contributed by atoms with Gasteiger partial charge < -0.3 is 0 Å². The quantitative estimate of drug-likeness (QED) is 0.575. The second-order valence-corrected chi connectivity index (χ2v) is 3.88. The average molecular weight is 249 g/mol. The molecule has 0 saturated heterocycles. The molecule has 0 spiro atoms. The smallest absolute Gasteiger partial charge is 0.178 e. The van der Waals surface area contributed by atoms with Gasteiger partial charge in [-0.1, -0.05) is 11.8 Å². The average Bonchev–Trinajstić information content (AvgIpc) is 2.46. The van der Waals surface area contributed by atoms with E-state index in [1.165, 1.54) is 12.1 Å². The summed E-state index contributed by atoms with van der Waals surface area (Å²) in [5.74, 6) is 5.65. The second kappa shape index (κ2) is 4.83. The third-order valence-corrected chi connectivity index (χ3v) is 2.52. The van der Waals surface area contributed by atoms with Crippen LogP contribution in [0.2, 0.25) is 0 Å². The molecule has 3 rings (SSSR count). The Morgan fingerprint density at radius 1 is 0.842 bits per heavy atom. The van der Waals surface area contributed by atoms with Gasteiger partial charge in [-0.3, -0.25) is 4.98 Å². The monoisotopic (exact) mass is 249 g/mol. The van der Waals surface area contributed by atoms with E-state index in [9.17, 15) is 4.39 Å². The highest BCUT2D eigenvalue weighted by Gasteiger charge is 1.96. The van der Waals surface area contributed by atoms with Crippen LogP contribution in [0.15, 0.2) is 48.9 Å². The topological polar surface area (TPSA) is 38.7 Å². The molecule has 0 bridgehead atoms. The van der Waals surface area contributed by atoms with Crippen molar-refractivity contribution in [3.8, 4) is 11.8 Å². The summed E-state index contributed by atoms with van der Waals surface area (Å²) in [4.78, 5) is 12.4. The number of hydrogen-bond acceptors (Lipinski definition) is 3. The Labute approximate surface area is 109 Å². The van der Waals surface area contributed by atoms with E-state index in [-0.39, 0.29) is 5.82 Å². The minimum absolute atomic E-state index is 0.270. The fourth-order valence-corrected chi connectivity index (χ4v) is 1.60. The second-order valence-electron chi connectivity index (χ2n) is 3.88. The van der Waals surface area contributed by atoms with Crippen LogP contribution >= 0.6 is 0 Å². The van der Waals surface area contributed by atoms with E-state index in [2.05, 4.69) is 26.8 Å². The Kier molecular flexibility index (Phi) is 2.87. The van der Waals surface area contributed by atoms with Crippen molar-refractivity contribution in [2.75, 3.05) is 0 Å². The third-order valence-electron chi connectivity index (χ3n) is 2.52. The minimum Gasteiger partial charge on any atom is -0.251 e. The highest BCUT2D eigenvalue weighted by Crippen LogP contribution is 2.07. The van der Waals surface area contributed by atoms with Crippen LogP contribution in [0, 0.1) is 17.7 Å². The van der Waals surface area contributed by atoms with E-state index in [0.717, 1.165) is 11.1 Å². The van der Waals surface area contributed by atoms with Crippen LogP contribution < -0.4 is 0 Å². The van der Waals surface area contributed by atoms with Crippen molar-refractivity contribution in [2.45, 2.75) is 0 Å². The maximum absolute atomic E-state index is 12.8. The summed E-state index contributed by atoms with van der Waals surface area (Å²) < 4.78 is 12.8. The summed E-state index contributed by atoms with van der Waals surface area (Å²) >= 11 is 0. The van der Waals surface area contributed by atoms with Crippen LogP contribution in [0.3, 0.4) is 0 Å². The molecule has 3 aromatic rings. The van der Waals surface area contributed by atoms with Crippen molar-refractivity contribution in [3.05, 3.63) is 65.9 Å². The van der Waals surface area contributed by atoms with Gasteiger partial charge in [0.05, 0.1) is 0 Å². The Morgan fingerprint density at radius 3 is 2.42 bits per heavy atom. The normalized spacial score (nSPS) is 9.95. The molecule has 0 amide bonds. The van der Waals surface area contributed by atoms with Gasteiger partial charge in [0.1, 0.15) is 11.3 Å². The van der Waals surface area contributed by atoms with Gasteiger partial charge in [0, 0.05) is 29.7 Å². The summed E-state index contributed by atoms with van der Waals surface area (Å²) in [7, 11) is 0. The van der Waals surface area contributed by atoms with Crippen molar-refractivity contribution in [3.63, 3.8) is 0 Å². The molecule has 19 heavy (non-hydrogen) atoms. The van der Waals surface area contributed by atoms with Gasteiger partial charge in [-0.2, -0.15) is 0 Å². The van der Waals surface area contributed by atoms with E-state index in [1.807, 2.05) is 6.07 Å². The van der Waals surface area contributed by atoms with Crippen LogP contribution in [-0.4, -0.2) is 15.0 Å². The van der Waals surface area contributed by atoms with Crippen molar-refractivity contribution >= 4 is 11.2 Å². The van der Waals surface area contributed by atoms with Crippen LogP contribution in [0.5, 0.6) is 0 Å². The zero-order chi connectivity index (χ0) is 13.1. The summed E-state index contributed by atoms with van der Waals surface area (Å²) in [6, 6.07) is 7.86. The number of benzene rings is 1. The number of pyridine rings is 1. The largest absolute Gasteiger partial charge is 0.251 e. The van der Waals surface area contributed by atoms with Crippen molar-refractivity contribution in [1.82, 2.24) is 15.0 Å². The highest BCUT2D eigenvalue weighted by molar-refractivity contribution is 5.70. The Bertz CT molecular complexity index is 786. The van der Waals surface area contributed by atoms with Crippen molar-refractivity contribution in [2.24, 2.45) is 0 Å². The molecular weight excluding hydrogens is 241 g/mol. The van der Waals surface area contributed by atoms with Gasteiger partial charge in [-0.05, 0) is 30.3 Å². The highest BCUT2D eigenvalue weighted by atomic mass is 19.1. The molecule has 0 saturated carbocycles. The molecule has 2 aromatic heterocycles. The van der Waals surface area contributed by atoms with Crippen LogP contribution in [0.4, 0.5) is 4.39 Å². The zero-order valence-corrected chi connectivity index (χ0v) is 9.84. The lowest BCUT2D eigenvalue weighted by atomic mass is 10.2. The van der Waals surface area contributed by atoms with Crippen molar-refractivity contribution in [1.29, 1.82) is 0 Å². The molecule has 1 aromatic carbocycles. The molecular formula is C15H8FN3. The number of halogens is 1. The molecule has 3 nitrogen and oxygen atoms in total. The molecule has 0 radical (unpaired) electrons. The molecule has 0 N–H and O–H groups in total. The first kappa shape index (κ1) is 11.3. The van der Waals surface area contributed by atoms with Crippen LogP contribution in [0.25, 0.3) is 11.2 Å². The first-order valence-corrected chi connectivity index (χ1v) is 5.66. The van der Waals surface area contributed by atoms with E-state index in [0.29, 0.717) is 11.2 Å².